The number of ether oxygens (including phenoxy) is 1. The number of nitrogens with one attached hydrogen (secondary N) is 1. The summed E-state index contributed by atoms with van der Waals surface area (Å²) in [5.41, 5.74) is 6.12. The van der Waals surface area contributed by atoms with Crippen LogP contribution < -0.4 is 15.7 Å². The van der Waals surface area contributed by atoms with Gasteiger partial charge in [-0.1, -0.05) is 42.5 Å². The summed E-state index contributed by atoms with van der Waals surface area (Å²) in [6.45, 7) is 5.41. The molecule has 0 saturated carbocycles. The van der Waals surface area contributed by atoms with Crippen molar-refractivity contribution in [3.8, 4) is 16.9 Å². The van der Waals surface area contributed by atoms with E-state index < -0.39 is 5.91 Å². The van der Waals surface area contributed by atoms with Gasteiger partial charge in [-0.15, -0.1) is 11.3 Å². The first-order valence-electron chi connectivity index (χ1n) is 9.51. The second-order valence-electron chi connectivity index (χ2n) is 7.02. The quantitative estimate of drug-likeness (QED) is 0.526. The molecule has 0 unspecified atom stereocenters. The molecule has 0 aliphatic heterocycles. The summed E-state index contributed by atoms with van der Waals surface area (Å²) in [5.74, 6) is 0.625. The van der Waals surface area contributed by atoms with Crippen molar-refractivity contribution in [1.82, 2.24) is 9.66 Å². The number of hydrogen-bond donors (Lipinski definition) is 1. The van der Waals surface area contributed by atoms with Gasteiger partial charge in [-0.25, -0.2) is 9.66 Å². The summed E-state index contributed by atoms with van der Waals surface area (Å²) in [5, 5.41) is 2.41. The normalized spacial score (nSPS) is 10.9. The van der Waals surface area contributed by atoms with Gasteiger partial charge in [0.1, 0.15) is 16.4 Å². The number of aromatic nitrogens is 2. The molecule has 6 nitrogen and oxygen atoms in total. The van der Waals surface area contributed by atoms with E-state index in [1.165, 1.54) is 16.0 Å². The lowest BCUT2D eigenvalue weighted by Gasteiger charge is -2.13. The van der Waals surface area contributed by atoms with Crippen LogP contribution in [-0.4, -0.2) is 22.2 Å². The third kappa shape index (κ3) is 3.71. The number of carbonyl (C=O) groups is 1. The molecule has 0 fully saturated rings. The molecule has 0 saturated heterocycles. The van der Waals surface area contributed by atoms with Gasteiger partial charge in [0.25, 0.3) is 11.5 Å². The SMILES string of the molecule is Cc1cccc(OCC(=O)Nn2c(C)nc3scc(-c4ccccc4)c3c2=O)c1C. The summed E-state index contributed by atoms with van der Waals surface area (Å²) in [6, 6.07) is 15.3. The lowest BCUT2D eigenvalue weighted by Crippen LogP contribution is -2.37. The number of rotatable bonds is 5. The van der Waals surface area contributed by atoms with Crippen LogP contribution in [0.2, 0.25) is 0 Å². The molecule has 0 radical (unpaired) electrons. The van der Waals surface area contributed by atoms with Crippen LogP contribution in [0.15, 0.2) is 58.7 Å². The molecule has 7 heteroatoms. The number of carbonyl (C=O) groups excluding carboxylic acids is 1. The van der Waals surface area contributed by atoms with Crippen molar-refractivity contribution in [3.63, 3.8) is 0 Å². The summed E-state index contributed by atoms with van der Waals surface area (Å²) in [4.78, 5) is 30.8. The summed E-state index contributed by atoms with van der Waals surface area (Å²) >= 11 is 1.41. The van der Waals surface area contributed by atoms with Crippen LogP contribution in [0, 0.1) is 20.8 Å². The predicted octanol–water partition coefficient (Wildman–Crippen LogP) is 4.20. The van der Waals surface area contributed by atoms with E-state index in [4.69, 9.17) is 4.74 Å². The Kier molecular flexibility index (Phi) is 5.37. The second kappa shape index (κ2) is 8.12. The van der Waals surface area contributed by atoms with Gasteiger partial charge in [0.2, 0.25) is 0 Å². The topological polar surface area (TPSA) is 73.2 Å². The highest BCUT2D eigenvalue weighted by Gasteiger charge is 2.17. The molecule has 152 valence electrons. The fraction of sp³-hybridized carbons (Fsp3) is 0.174. The Morgan fingerprint density at radius 3 is 2.63 bits per heavy atom. The van der Waals surface area contributed by atoms with E-state index in [1.807, 2.05) is 67.8 Å². The maximum Gasteiger partial charge on any atom is 0.281 e. The zero-order chi connectivity index (χ0) is 21.3. The maximum absolute atomic E-state index is 13.2. The molecule has 0 aliphatic carbocycles. The molecule has 1 amide bonds. The lowest BCUT2D eigenvalue weighted by atomic mass is 10.1. The zero-order valence-corrected chi connectivity index (χ0v) is 17.7. The van der Waals surface area contributed by atoms with Crippen molar-refractivity contribution in [1.29, 1.82) is 0 Å². The van der Waals surface area contributed by atoms with Crippen molar-refractivity contribution in [2.75, 3.05) is 12.0 Å². The molecule has 0 atom stereocenters. The van der Waals surface area contributed by atoms with Crippen LogP contribution in [0.3, 0.4) is 0 Å². The van der Waals surface area contributed by atoms with Gasteiger partial charge in [-0.2, -0.15) is 0 Å². The van der Waals surface area contributed by atoms with Gasteiger partial charge in [-0.05, 0) is 43.5 Å². The first-order chi connectivity index (χ1) is 14.5. The lowest BCUT2D eigenvalue weighted by molar-refractivity contribution is -0.119. The third-order valence-corrected chi connectivity index (χ3v) is 5.88. The average molecular weight is 420 g/mol. The van der Waals surface area contributed by atoms with Crippen LogP contribution in [0.5, 0.6) is 5.75 Å². The Balaban J connectivity index is 1.62. The van der Waals surface area contributed by atoms with E-state index in [-0.39, 0.29) is 12.2 Å². The fourth-order valence-electron chi connectivity index (χ4n) is 3.24. The van der Waals surface area contributed by atoms with Gasteiger partial charge in [0, 0.05) is 10.9 Å². The van der Waals surface area contributed by atoms with E-state index in [0.29, 0.717) is 21.8 Å². The minimum absolute atomic E-state index is 0.205. The van der Waals surface area contributed by atoms with Crippen molar-refractivity contribution in [2.45, 2.75) is 20.8 Å². The van der Waals surface area contributed by atoms with E-state index >= 15 is 0 Å². The number of fused-ring (bicyclic) bond motifs is 1. The number of nitrogens with zero attached hydrogens (tertiary/aromatic N) is 2. The van der Waals surface area contributed by atoms with Crippen LogP contribution >= 0.6 is 11.3 Å². The maximum atomic E-state index is 13.2. The van der Waals surface area contributed by atoms with Crippen molar-refractivity contribution in [3.05, 3.63) is 81.2 Å². The smallest absolute Gasteiger partial charge is 0.281 e. The largest absolute Gasteiger partial charge is 0.483 e. The fourth-order valence-corrected chi connectivity index (χ4v) is 4.22. The number of amides is 1. The molecule has 0 aliphatic rings. The number of aryl methyl sites for hydroxylation is 2. The Labute approximate surface area is 177 Å². The van der Waals surface area contributed by atoms with Gasteiger partial charge in [-0.3, -0.25) is 15.0 Å². The van der Waals surface area contributed by atoms with Gasteiger partial charge >= 0.3 is 0 Å². The van der Waals surface area contributed by atoms with Crippen molar-refractivity contribution < 1.29 is 9.53 Å². The predicted molar refractivity (Wildman–Crippen MR) is 120 cm³/mol. The molecule has 2 aromatic heterocycles. The van der Waals surface area contributed by atoms with Gasteiger partial charge in [0.05, 0.1) is 5.39 Å². The second-order valence-corrected chi connectivity index (χ2v) is 7.87. The minimum Gasteiger partial charge on any atom is -0.483 e. The average Bonchev–Trinajstić information content (AvgIpc) is 3.16. The van der Waals surface area contributed by atoms with E-state index in [9.17, 15) is 9.59 Å². The van der Waals surface area contributed by atoms with Crippen LogP contribution in [0.25, 0.3) is 21.3 Å². The number of thiophene rings is 1. The van der Waals surface area contributed by atoms with Crippen molar-refractivity contribution >= 4 is 27.5 Å². The van der Waals surface area contributed by atoms with Gasteiger partial charge < -0.3 is 4.74 Å². The first kappa shape index (κ1) is 19.8. The molecule has 2 aromatic carbocycles. The summed E-state index contributed by atoms with van der Waals surface area (Å²) in [6.07, 6.45) is 0. The Hall–Kier alpha value is -3.45. The Morgan fingerprint density at radius 2 is 1.87 bits per heavy atom. The molecule has 1 N–H and O–H groups in total. The molecule has 4 aromatic rings. The van der Waals surface area contributed by atoms with E-state index in [0.717, 1.165) is 22.3 Å². The molecule has 30 heavy (non-hydrogen) atoms. The van der Waals surface area contributed by atoms with Crippen LogP contribution in [0.1, 0.15) is 17.0 Å². The molecule has 0 bridgehead atoms. The van der Waals surface area contributed by atoms with Crippen LogP contribution in [0.4, 0.5) is 0 Å². The third-order valence-electron chi connectivity index (χ3n) is 5.01. The molecule has 4 rings (SSSR count). The molecule has 2 heterocycles. The minimum atomic E-state index is -0.432. The highest BCUT2D eigenvalue weighted by Crippen LogP contribution is 2.30. The van der Waals surface area contributed by atoms with E-state index in [2.05, 4.69) is 10.4 Å². The highest BCUT2D eigenvalue weighted by molar-refractivity contribution is 7.17. The first-order valence-corrected chi connectivity index (χ1v) is 10.4. The Morgan fingerprint density at radius 1 is 1.10 bits per heavy atom. The molecular formula is C23H21N3O3S. The number of benzene rings is 2. The van der Waals surface area contributed by atoms with Gasteiger partial charge in [0.15, 0.2) is 6.61 Å². The van der Waals surface area contributed by atoms with Crippen LogP contribution in [-0.2, 0) is 4.79 Å². The highest BCUT2D eigenvalue weighted by atomic mass is 32.1. The number of hydrogen-bond acceptors (Lipinski definition) is 5. The monoisotopic (exact) mass is 419 g/mol. The molecule has 0 spiro atoms. The molecular weight excluding hydrogens is 398 g/mol. The van der Waals surface area contributed by atoms with Crippen molar-refractivity contribution in [2.24, 2.45) is 0 Å². The Bertz CT molecular complexity index is 1290. The zero-order valence-electron chi connectivity index (χ0n) is 16.9. The summed E-state index contributed by atoms with van der Waals surface area (Å²) < 4.78 is 6.84. The standard InChI is InChI=1S/C23H21N3O3S/c1-14-8-7-11-19(15(14)2)29-12-20(27)25-26-16(3)24-22-21(23(26)28)18(13-30-22)17-9-5-4-6-10-17/h4-11,13H,12H2,1-3H3,(H,25,27). The summed E-state index contributed by atoms with van der Waals surface area (Å²) in [7, 11) is 0. The van der Waals surface area contributed by atoms with E-state index in [1.54, 1.807) is 6.92 Å².